The number of amides is 2. The lowest BCUT2D eigenvalue weighted by molar-refractivity contribution is -0.120. The maximum atomic E-state index is 13.5. The van der Waals surface area contributed by atoms with Gasteiger partial charge in [-0.3, -0.25) is 9.59 Å². The molecule has 3 aromatic rings. The second-order valence-electron chi connectivity index (χ2n) is 7.49. The first kappa shape index (κ1) is 22.1. The van der Waals surface area contributed by atoms with Crippen LogP contribution in [-0.2, 0) is 9.59 Å². The van der Waals surface area contributed by atoms with Gasteiger partial charge >= 0.3 is 0 Å². The molecule has 33 heavy (non-hydrogen) atoms. The maximum Gasteiger partial charge on any atom is 0.282 e. The van der Waals surface area contributed by atoms with Crippen molar-refractivity contribution in [2.24, 2.45) is 0 Å². The van der Waals surface area contributed by atoms with Gasteiger partial charge < -0.3 is 14.8 Å². The Labute approximate surface area is 193 Å². The van der Waals surface area contributed by atoms with Crippen molar-refractivity contribution >= 4 is 28.8 Å². The minimum Gasteiger partial charge on any atom is -0.494 e. The summed E-state index contributed by atoms with van der Waals surface area (Å²) in [5.74, 6) is 0.613. The highest BCUT2D eigenvalue weighted by molar-refractivity contribution is 6.46. The Morgan fingerprint density at radius 3 is 2.24 bits per heavy atom. The van der Waals surface area contributed by atoms with Crippen LogP contribution in [0.15, 0.2) is 84.6 Å². The fourth-order valence-electron chi connectivity index (χ4n) is 3.64. The first-order valence-corrected chi connectivity index (χ1v) is 11.0. The predicted molar refractivity (Wildman–Crippen MR) is 129 cm³/mol. The molecule has 0 spiro atoms. The summed E-state index contributed by atoms with van der Waals surface area (Å²) >= 11 is 0. The first-order chi connectivity index (χ1) is 16.1. The molecule has 0 saturated carbocycles. The quantitative estimate of drug-likeness (QED) is 0.457. The number of imide groups is 1. The Morgan fingerprint density at radius 1 is 0.788 bits per heavy atom. The summed E-state index contributed by atoms with van der Waals surface area (Å²) in [5.41, 5.74) is 2.35. The lowest BCUT2D eigenvalue weighted by Gasteiger charge is -2.15. The average molecular weight is 443 g/mol. The summed E-state index contributed by atoms with van der Waals surface area (Å²) < 4.78 is 11.2. The van der Waals surface area contributed by atoms with E-state index >= 15 is 0 Å². The lowest BCUT2D eigenvalue weighted by atomic mass is 10.0. The largest absolute Gasteiger partial charge is 0.494 e. The van der Waals surface area contributed by atoms with Gasteiger partial charge in [0.1, 0.15) is 17.2 Å². The van der Waals surface area contributed by atoms with Gasteiger partial charge in [-0.25, -0.2) is 4.90 Å². The fraction of sp³-hybridized carbons (Fsp3) is 0.185. The summed E-state index contributed by atoms with van der Waals surface area (Å²) in [7, 11) is 0. The van der Waals surface area contributed by atoms with Gasteiger partial charge in [-0.15, -0.1) is 0 Å². The zero-order chi connectivity index (χ0) is 23.2. The van der Waals surface area contributed by atoms with Crippen LogP contribution in [0.25, 0.3) is 5.57 Å². The topological polar surface area (TPSA) is 67.9 Å². The van der Waals surface area contributed by atoms with E-state index in [1.54, 1.807) is 42.5 Å². The molecule has 0 aromatic heterocycles. The normalized spacial score (nSPS) is 13.5. The van der Waals surface area contributed by atoms with Gasteiger partial charge in [0.05, 0.1) is 24.5 Å². The molecule has 2 amide bonds. The third-order valence-corrected chi connectivity index (χ3v) is 5.13. The van der Waals surface area contributed by atoms with Crippen molar-refractivity contribution < 1.29 is 19.1 Å². The van der Waals surface area contributed by atoms with Crippen LogP contribution < -0.4 is 19.7 Å². The Hall–Kier alpha value is -4.06. The number of benzene rings is 3. The second-order valence-corrected chi connectivity index (χ2v) is 7.49. The van der Waals surface area contributed by atoms with Crippen LogP contribution in [0, 0.1) is 0 Å². The van der Waals surface area contributed by atoms with Gasteiger partial charge in [0.15, 0.2) is 0 Å². The number of anilines is 2. The molecular weight excluding hydrogens is 416 g/mol. The number of ether oxygens (including phenoxy) is 2. The van der Waals surface area contributed by atoms with Gasteiger partial charge in [0.2, 0.25) is 0 Å². The van der Waals surface area contributed by atoms with E-state index < -0.39 is 5.91 Å². The van der Waals surface area contributed by atoms with E-state index in [2.05, 4.69) is 5.32 Å². The molecule has 1 heterocycles. The zero-order valence-corrected chi connectivity index (χ0v) is 18.7. The molecule has 1 aliphatic heterocycles. The SMILES string of the molecule is CCCOc1ccc(C2=C(Nc3cccc(OCC)c3)C(=O)N(c3ccccc3)C2=O)cc1. The molecule has 1 N–H and O–H groups in total. The summed E-state index contributed by atoms with van der Waals surface area (Å²) in [6, 6.07) is 23.5. The molecular formula is C27H26N2O4. The standard InChI is InChI=1S/C27H26N2O4/c1-3-17-33-22-15-13-19(14-16-22)24-25(28-20-9-8-12-23(18-20)32-4-2)27(31)29(26(24)30)21-10-6-5-7-11-21/h5-16,18,28H,3-4,17H2,1-2H3. The molecule has 0 saturated heterocycles. The molecule has 0 bridgehead atoms. The zero-order valence-electron chi connectivity index (χ0n) is 18.7. The highest BCUT2D eigenvalue weighted by Crippen LogP contribution is 2.34. The van der Waals surface area contributed by atoms with E-state index in [4.69, 9.17) is 9.47 Å². The van der Waals surface area contributed by atoms with E-state index in [0.717, 1.165) is 12.2 Å². The van der Waals surface area contributed by atoms with Crippen molar-refractivity contribution in [2.75, 3.05) is 23.4 Å². The number of nitrogens with zero attached hydrogens (tertiary/aromatic N) is 1. The van der Waals surface area contributed by atoms with Crippen molar-refractivity contribution in [3.63, 3.8) is 0 Å². The van der Waals surface area contributed by atoms with E-state index in [1.165, 1.54) is 4.90 Å². The van der Waals surface area contributed by atoms with Crippen LogP contribution in [-0.4, -0.2) is 25.0 Å². The summed E-state index contributed by atoms with van der Waals surface area (Å²) in [6.45, 7) is 5.09. The van der Waals surface area contributed by atoms with Crippen LogP contribution in [0.4, 0.5) is 11.4 Å². The van der Waals surface area contributed by atoms with Crippen LogP contribution >= 0.6 is 0 Å². The number of carbonyl (C=O) groups excluding carboxylic acids is 2. The van der Waals surface area contributed by atoms with Gasteiger partial charge in [0, 0.05) is 11.8 Å². The molecule has 168 valence electrons. The molecule has 6 heteroatoms. The summed E-state index contributed by atoms with van der Waals surface area (Å²) in [6.07, 6.45) is 0.904. The fourth-order valence-corrected chi connectivity index (χ4v) is 3.64. The molecule has 1 aliphatic rings. The van der Waals surface area contributed by atoms with Crippen LogP contribution in [0.3, 0.4) is 0 Å². The van der Waals surface area contributed by atoms with Crippen molar-refractivity contribution in [3.05, 3.63) is 90.1 Å². The molecule has 0 radical (unpaired) electrons. The van der Waals surface area contributed by atoms with Gasteiger partial charge in [-0.05, 0) is 55.3 Å². The minimum absolute atomic E-state index is 0.222. The Kier molecular flexibility index (Phi) is 6.74. The van der Waals surface area contributed by atoms with E-state index in [1.807, 2.05) is 50.2 Å². The van der Waals surface area contributed by atoms with E-state index in [0.29, 0.717) is 41.5 Å². The molecule has 6 nitrogen and oxygen atoms in total. The minimum atomic E-state index is -0.408. The third-order valence-electron chi connectivity index (χ3n) is 5.13. The second kappa shape index (κ2) is 10.0. The number of para-hydroxylation sites is 1. The number of carbonyl (C=O) groups is 2. The van der Waals surface area contributed by atoms with Gasteiger partial charge in [0.25, 0.3) is 11.8 Å². The molecule has 0 atom stereocenters. The van der Waals surface area contributed by atoms with Crippen molar-refractivity contribution in [1.82, 2.24) is 0 Å². The molecule has 4 rings (SSSR count). The smallest absolute Gasteiger partial charge is 0.282 e. The highest BCUT2D eigenvalue weighted by Gasteiger charge is 2.40. The molecule has 0 aliphatic carbocycles. The highest BCUT2D eigenvalue weighted by atomic mass is 16.5. The van der Waals surface area contributed by atoms with E-state index in [-0.39, 0.29) is 11.6 Å². The van der Waals surface area contributed by atoms with Crippen molar-refractivity contribution in [2.45, 2.75) is 20.3 Å². The number of hydrogen-bond acceptors (Lipinski definition) is 5. The van der Waals surface area contributed by atoms with Gasteiger partial charge in [-0.2, -0.15) is 0 Å². The number of nitrogens with one attached hydrogen (secondary N) is 1. The predicted octanol–water partition coefficient (Wildman–Crippen LogP) is 5.27. The molecule has 0 fully saturated rings. The monoisotopic (exact) mass is 442 g/mol. The molecule has 0 unspecified atom stereocenters. The maximum absolute atomic E-state index is 13.5. The van der Waals surface area contributed by atoms with E-state index in [9.17, 15) is 9.59 Å². The summed E-state index contributed by atoms with van der Waals surface area (Å²) in [5, 5.41) is 3.17. The Bertz CT molecular complexity index is 1170. The number of hydrogen-bond donors (Lipinski definition) is 1. The number of rotatable bonds is 9. The van der Waals surface area contributed by atoms with Crippen molar-refractivity contribution in [3.8, 4) is 11.5 Å². The first-order valence-electron chi connectivity index (χ1n) is 11.0. The molecule has 3 aromatic carbocycles. The Morgan fingerprint density at radius 2 is 1.55 bits per heavy atom. The summed E-state index contributed by atoms with van der Waals surface area (Å²) in [4.78, 5) is 28.1. The van der Waals surface area contributed by atoms with Crippen LogP contribution in [0.5, 0.6) is 11.5 Å². The lowest BCUT2D eigenvalue weighted by Crippen LogP contribution is -2.32. The Balaban J connectivity index is 1.74. The average Bonchev–Trinajstić information content (AvgIpc) is 3.08. The van der Waals surface area contributed by atoms with Crippen molar-refractivity contribution in [1.29, 1.82) is 0 Å². The van der Waals surface area contributed by atoms with Crippen LogP contribution in [0.2, 0.25) is 0 Å². The third kappa shape index (κ3) is 4.75. The van der Waals surface area contributed by atoms with Gasteiger partial charge in [-0.1, -0.05) is 43.3 Å². The van der Waals surface area contributed by atoms with Crippen LogP contribution in [0.1, 0.15) is 25.8 Å².